The third-order valence-corrected chi connectivity index (χ3v) is 2.51. The second kappa shape index (κ2) is 5.18. The fourth-order valence-electron chi connectivity index (χ4n) is 1.25. The molecule has 1 aromatic carbocycles. The van der Waals surface area contributed by atoms with Gasteiger partial charge in [0.1, 0.15) is 5.56 Å². The number of hydrogen-bond donors (Lipinski definition) is 0. The summed E-state index contributed by atoms with van der Waals surface area (Å²) in [6, 6.07) is 3.84. The smallest absolute Gasteiger partial charge is 0.341 e. The average molecular weight is 272 g/mol. The van der Waals surface area contributed by atoms with Crippen molar-refractivity contribution in [3.05, 3.63) is 29.3 Å². The van der Waals surface area contributed by atoms with Crippen molar-refractivity contribution < 1.29 is 26.9 Å². The number of ether oxygens (including phenoxy) is 1. The van der Waals surface area contributed by atoms with E-state index < -0.39 is 16.1 Å². The maximum atomic E-state index is 11.5. The van der Waals surface area contributed by atoms with Gasteiger partial charge in [-0.3, -0.25) is 4.79 Å². The topological polar surface area (TPSA) is 86.7 Å². The van der Waals surface area contributed by atoms with Crippen LogP contribution in [0.5, 0.6) is 5.75 Å². The second-order valence-electron chi connectivity index (χ2n) is 3.55. The summed E-state index contributed by atoms with van der Waals surface area (Å²) in [4.78, 5) is 22.7. The highest BCUT2D eigenvalue weighted by Crippen LogP contribution is 2.22. The van der Waals surface area contributed by atoms with E-state index in [1.165, 1.54) is 25.1 Å². The van der Waals surface area contributed by atoms with Crippen molar-refractivity contribution in [1.29, 1.82) is 0 Å². The Kier molecular flexibility index (Phi) is 4.07. The molecule has 0 N–H and O–H groups in total. The molecular formula is C11H12O6S. The molecule has 0 aliphatic carbocycles. The van der Waals surface area contributed by atoms with Crippen LogP contribution in [0.4, 0.5) is 0 Å². The summed E-state index contributed by atoms with van der Waals surface area (Å²) < 4.78 is 31.2. The molecule has 1 rings (SSSR count). The molecular weight excluding hydrogens is 260 g/mol. The summed E-state index contributed by atoms with van der Waals surface area (Å²) >= 11 is 0. The number of esters is 1. The molecule has 0 aliphatic rings. The zero-order chi connectivity index (χ0) is 13.9. The van der Waals surface area contributed by atoms with Gasteiger partial charge in [-0.15, -0.1) is 0 Å². The Morgan fingerprint density at radius 1 is 1.22 bits per heavy atom. The first-order valence-electron chi connectivity index (χ1n) is 4.87. The Morgan fingerprint density at radius 2 is 1.83 bits per heavy atom. The van der Waals surface area contributed by atoms with E-state index in [-0.39, 0.29) is 22.7 Å². The standard InChI is InChI=1S/C11H12O6S/c1-7(12)8-4-5-10(17-18(3,14)15)9(6-8)11(13)16-2/h4-6H,1-3H3. The molecule has 0 radical (unpaired) electrons. The van der Waals surface area contributed by atoms with Crippen LogP contribution in [-0.4, -0.2) is 33.5 Å². The molecule has 0 fully saturated rings. The summed E-state index contributed by atoms with van der Waals surface area (Å²) in [6.07, 6.45) is 0.854. The molecule has 1 aromatic rings. The number of Topliss-reactive ketones (excluding diaryl/α,β-unsaturated/α-hetero) is 1. The highest BCUT2D eigenvalue weighted by atomic mass is 32.2. The number of methoxy groups -OCH3 is 1. The quantitative estimate of drug-likeness (QED) is 0.462. The van der Waals surface area contributed by atoms with Crippen molar-refractivity contribution in [3.63, 3.8) is 0 Å². The van der Waals surface area contributed by atoms with E-state index in [9.17, 15) is 18.0 Å². The molecule has 0 aliphatic heterocycles. The van der Waals surface area contributed by atoms with Gasteiger partial charge in [0.15, 0.2) is 11.5 Å². The molecule has 7 heteroatoms. The van der Waals surface area contributed by atoms with Crippen LogP contribution in [-0.2, 0) is 14.9 Å². The largest absolute Gasteiger partial charge is 0.465 e. The summed E-state index contributed by atoms with van der Waals surface area (Å²) in [6.45, 7) is 1.33. The van der Waals surface area contributed by atoms with Crippen molar-refractivity contribution in [1.82, 2.24) is 0 Å². The third-order valence-electron chi connectivity index (χ3n) is 2.03. The van der Waals surface area contributed by atoms with E-state index in [1.54, 1.807) is 0 Å². The molecule has 0 atom stereocenters. The molecule has 98 valence electrons. The van der Waals surface area contributed by atoms with E-state index >= 15 is 0 Å². The van der Waals surface area contributed by atoms with E-state index in [1.807, 2.05) is 0 Å². The lowest BCUT2D eigenvalue weighted by molar-refractivity contribution is 0.0599. The van der Waals surface area contributed by atoms with Gasteiger partial charge >= 0.3 is 16.1 Å². The van der Waals surface area contributed by atoms with Crippen LogP contribution < -0.4 is 4.18 Å². The Bertz CT molecular complexity index is 588. The van der Waals surface area contributed by atoms with Gasteiger partial charge in [-0.2, -0.15) is 8.42 Å². The number of ketones is 1. The first kappa shape index (κ1) is 14.2. The van der Waals surface area contributed by atoms with Crippen LogP contribution in [0.3, 0.4) is 0 Å². The second-order valence-corrected chi connectivity index (χ2v) is 5.12. The first-order chi connectivity index (χ1) is 8.24. The molecule has 0 unspecified atom stereocenters. The summed E-state index contributed by atoms with van der Waals surface area (Å²) in [7, 11) is -2.62. The summed E-state index contributed by atoms with van der Waals surface area (Å²) in [5.74, 6) is -1.21. The van der Waals surface area contributed by atoms with Crippen LogP contribution in [0.1, 0.15) is 27.6 Å². The molecule has 0 amide bonds. The van der Waals surface area contributed by atoms with E-state index in [4.69, 9.17) is 0 Å². The van der Waals surface area contributed by atoms with Crippen LogP contribution in [0.25, 0.3) is 0 Å². The predicted molar refractivity (Wildman–Crippen MR) is 63.3 cm³/mol. The Hall–Kier alpha value is -1.89. The number of carbonyl (C=O) groups is 2. The monoisotopic (exact) mass is 272 g/mol. The van der Waals surface area contributed by atoms with Gasteiger partial charge in [0.25, 0.3) is 0 Å². The van der Waals surface area contributed by atoms with E-state index in [0.29, 0.717) is 0 Å². The molecule has 0 aromatic heterocycles. The van der Waals surface area contributed by atoms with E-state index in [2.05, 4.69) is 8.92 Å². The highest BCUT2D eigenvalue weighted by molar-refractivity contribution is 7.86. The fourth-order valence-corrected chi connectivity index (χ4v) is 1.73. The van der Waals surface area contributed by atoms with Crippen LogP contribution in [0.2, 0.25) is 0 Å². The Balaban J connectivity index is 3.34. The molecule has 6 nitrogen and oxygen atoms in total. The summed E-state index contributed by atoms with van der Waals surface area (Å²) in [5.41, 5.74) is 0.145. The number of hydrogen-bond acceptors (Lipinski definition) is 6. The first-order valence-corrected chi connectivity index (χ1v) is 6.69. The lowest BCUT2D eigenvalue weighted by Crippen LogP contribution is -2.11. The van der Waals surface area contributed by atoms with Gasteiger partial charge < -0.3 is 8.92 Å². The van der Waals surface area contributed by atoms with Crippen molar-refractivity contribution in [2.24, 2.45) is 0 Å². The SMILES string of the molecule is COC(=O)c1cc(C(C)=O)ccc1OS(C)(=O)=O. The Morgan fingerprint density at radius 3 is 2.28 bits per heavy atom. The van der Waals surface area contributed by atoms with E-state index in [0.717, 1.165) is 13.4 Å². The molecule has 0 heterocycles. The lowest BCUT2D eigenvalue weighted by Gasteiger charge is -2.09. The van der Waals surface area contributed by atoms with Gasteiger partial charge in [0, 0.05) is 5.56 Å². The van der Waals surface area contributed by atoms with Gasteiger partial charge in [-0.25, -0.2) is 4.79 Å². The maximum absolute atomic E-state index is 11.5. The molecule has 0 saturated heterocycles. The average Bonchev–Trinajstić information content (AvgIpc) is 2.26. The maximum Gasteiger partial charge on any atom is 0.341 e. The number of carbonyl (C=O) groups excluding carboxylic acids is 2. The zero-order valence-corrected chi connectivity index (χ0v) is 10.9. The normalized spacial score (nSPS) is 10.8. The zero-order valence-electron chi connectivity index (χ0n) is 10.1. The van der Waals surface area contributed by atoms with Crippen LogP contribution in [0.15, 0.2) is 18.2 Å². The van der Waals surface area contributed by atoms with Gasteiger partial charge in [0.05, 0.1) is 13.4 Å². The van der Waals surface area contributed by atoms with Crippen LogP contribution in [0, 0.1) is 0 Å². The number of benzene rings is 1. The third kappa shape index (κ3) is 3.56. The lowest BCUT2D eigenvalue weighted by atomic mass is 10.1. The summed E-state index contributed by atoms with van der Waals surface area (Å²) in [5, 5.41) is 0. The molecule has 0 saturated carbocycles. The fraction of sp³-hybridized carbons (Fsp3) is 0.273. The molecule has 0 spiro atoms. The molecule has 18 heavy (non-hydrogen) atoms. The molecule has 0 bridgehead atoms. The van der Waals surface area contributed by atoms with Crippen molar-refractivity contribution in [3.8, 4) is 5.75 Å². The minimum absolute atomic E-state index is 0.115. The van der Waals surface area contributed by atoms with Gasteiger partial charge in [0.2, 0.25) is 0 Å². The predicted octanol–water partition coefficient (Wildman–Crippen LogP) is 1.01. The minimum atomic E-state index is -3.77. The van der Waals surface area contributed by atoms with Gasteiger partial charge in [-0.05, 0) is 25.1 Å². The van der Waals surface area contributed by atoms with Gasteiger partial charge in [-0.1, -0.05) is 0 Å². The van der Waals surface area contributed by atoms with Crippen molar-refractivity contribution in [2.75, 3.05) is 13.4 Å². The number of rotatable bonds is 4. The van der Waals surface area contributed by atoms with Crippen molar-refractivity contribution >= 4 is 21.9 Å². The van der Waals surface area contributed by atoms with Crippen LogP contribution >= 0.6 is 0 Å². The van der Waals surface area contributed by atoms with Crippen molar-refractivity contribution in [2.45, 2.75) is 6.92 Å². The minimum Gasteiger partial charge on any atom is -0.465 e. The highest BCUT2D eigenvalue weighted by Gasteiger charge is 2.18. The Labute approximate surface area is 105 Å².